The van der Waals surface area contributed by atoms with Gasteiger partial charge >= 0.3 is 0 Å². The van der Waals surface area contributed by atoms with Crippen LogP contribution in [0.1, 0.15) is 58.2 Å². The molecule has 0 atom stereocenters. The van der Waals surface area contributed by atoms with E-state index in [0.717, 1.165) is 19.0 Å². The molecule has 0 saturated heterocycles. The Morgan fingerprint density at radius 1 is 1.27 bits per heavy atom. The van der Waals surface area contributed by atoms with Gasteiger partial charge in [0.2, 0.25) is 5.89 Å². The second-order valence-corrected chi connectivity index (χ2v) is 6.46. The third-order valence-corrected chi connectivity index (χ3v) is 3.62. The maximum absolute atomic E-state index is 5.09. The molecule has 22 heavy (non-hydrogen) atoms. The number of guanidine groups is 1. The molecule has 0 saturated carbocycles. The molecule has 1 heterocycles. The van der Waals surface area contributed by atoms with Gasteiger partial charge in [0, 0.05) is 26.6 Å². The molecule has 0 radical (unpaired) electrons. The van der Waals surface area contributed by atoms with Crippen molar-refractivity contribution in [2.45, 2.75) is 59.8 Å². The number of nitrogens with one attached hydrogen (secondary N) is 2. The Hall–Kier alpha value is -1.59. The molecule has 0 spiro atoms. The van der Waals surface area contributed by atoms with Crippen molar-refractivity contribution in [3.8, 4) is 0 Å². The van der Waals surface area contributed by atoms with Crippen LogP contribution in [0.15, 0.2) is 9.52 Å². The summed E-state index contributed by atoms with van der Waals surface area (Å²) in [6.45, 7) is 10.3. The summed E-state index contributed by atoms with van der Waals surface area (Å²) in [6.07, 6.45) is 5.78. The first-order valence-electron chi connectivity index (χ1n) is 8.20. The highest BCUT2D eigenvalue weighted by molar-refractivity contribution is 5.79. The van der Waals surface area contributed by atoms with Gasteiger partial charge in [0.1, 0.15) is 0 Å². The van der Waals surface area contributed by atoms with Gasteiger partial charge in [-0.05, 0) is 18.8 Å². The first-order valence-corrected chi connectivity index (χ1v) is 8.20. The Bertz CT molecular complexity index is 453. The van der Waals surface area contributed by atoms with E-state index in [1.165, 1.54) is 25.7 Å². The lowest BCUT2D eigenvalue weighted by molar-refractivity contribution is 0.318. The quantitative estimate of drug-likeness (QED) is 0.417. The average molecular weight is 309 g/mol. The highest BCUT2D eigenvalue weighted by atomic mass is 16.5. The molecule has 1 aromatic rings. The van der Waals surface area contributed by atoms with Crippen molar-refractivity contribution in [1.82, 2.24) is 20.8 Å². The number of rotatable bonds is 9. The zero-order valence-corrected chi connectivity index (χ0v) is 14.7. The molecule has 126 valence electrons. The highest BCUT2D eigenvalue weighted by Crippen LogP contribution is 2.22. The summed E-state index contributed by atoms with van der Waals surface area (Å²) in [7, 11) is 1.79. The van der Waals surface area contributed by atoms with Crippen LogP contribution in [0.5, 0.6) is 0 Å². The van der Waals surface area contributed by atoms with E-state index >= 15 is 0 Å². The number of unbranched alkanes of at least 4 members (excludes halogenated alkanes) is 2. The minimum atomic E-state index is 0.274. The van der Waals surface area contributed by atoms with Gasteiger partial charge in [-0.2, -0.15) is 4.98 Å². The molecule has 0 amide bonds. The predicted molar refractivity (Wildman–Crippen MR) is 90.0 cm³/mol. The zero-order chi connectivity index (χ0) is 16.4. The molecule has 6 nitrogen and oxygen atoms in total. The van der Waals surface area contributed by atoms with Gasteiger partial charge in [-0.15, -0.1) is 0 Å². The predicted octanol–water partition coefficient (Wildman–Crippen LogP) is 2.69. The Kier molecular flexibility index (Phi) is 7.91. The van der Waals surface area contributed by atoms with Crippen molar-refractivity contribution in [3.05, 3.63) is 11.7 Å². The average Bonchev–Trinajstić information content (AvgIpc) is 2.88. The van der Waals surface area contributed by atoms with Gasteiger partial charge in [0.25, 0.3) is 0 Å². The molecule has 0 aliphatic rings. The standard InChI is InChI=1S/C16H31N5O/c1-6-7-8-10-16(3,4)12-19-15(17-5)18-11-9-14-20-13(2)21-22-14/h6-12H2,1-5H3,(H2,17,18,19). The van der Waals surface area contributed by atoms with Crippen molar-refractivity contribution >= 4 is 5.96 Å². The van der Waals surface area contributed by atoms with E-state index in [0.29, 0.717) is 18.1 Å². The fourth-order valence-electron chi connectivity index (χ4n) is 2.21. The summed E-state index contributed by atoms with van der Waals surface area (Å²) < 4.78 is 5.09. The van der Waals surface area contributed by atoms with E-state index in [1.54, 1.807) is 7.05 Å². The van der Waals surface area contributed by atoms with Crippen LogP contribution < -0.4 is 10.6 Å². The molecule has 0 fully saturated rings. The Morgan fingerprint density at radius 3 is 2.64 bits per heavy atom. The lowest BCUT2D eigenvalue weighted by Crippen LogP contribution is -2.42. The summed E-state index contributed by atoms with van der Waals surface area (Å²) in [5.74, 6) is 2.14. The van der Waals surface area contributed by atoms with Crippen LogP contribution in [0.2, 0.25) is 0 Å². The Balaban J connectivity index is 2.26. The molecule has 2 N–H and O–H groups in total. The fourth-order valence-corrected chi connectivity index (χ4v) is 2.21. The lowest BCUT2D eigenvalue weighted by atomic mass is 9.87. The van der Waals surface area contributed by atoms with E-state index in [9.17, 15) is 0 Å². The molecular weight excluding hydrogens is 278 g/mol. The van der Waals surface area contributed by atoms with E-state index in [-0.39, 0.29) is 5.41 Å². The minimum absolute atomic E-state index is 0.274. The van der Waals surface area contributed by atoms with Crippen LogP contribution in [-0.4, -0.2) is 36.2 Å². The van der Waals surface area contributed by atoms with Crippen LogP contribution in [0.3, 0.4) is 0 Å². The molecule has 1 rings (SSSR count). The van der Waals surface area contributed by atoms with Crippen LogP contribution in [0.4, 0.5) is 0 Å². The Labute approximate surface area is 134 Å². The molecule has 6 heteroatoms. The third-order valence-electron chi connectivity index (χ3n) is 3.62. The summed E-state index contributed by atoms with van der Waals surface area (Å²) in [4.78, 5) is 8.43. The first kappa shape index (κ1) is 18.5. The van der Waals surface area contributed by atoms with Gasteiger partial charge in [0.05, 0.1) is 0 Å². The second-order valence-electron chi connectivity index (χ2n) is 6.46. The molecule has 0 unspecified atom stereocenters. The zero-order valence-electron chi connectivity index (χ0n) is 14.7. The molecule has 0 aromatic carbocycles. The van der Waals surface area contributed by atoms with Crippen molar-refractivity contribution in [1.29, 1.82) is 0 Å². The maximum Gasteiger partial charge on any atom is 0.228 e. The highest BCUT2D eigenvalue weighted by Gasteiger charge is 2.17. The number of hydrogen-bond donors (Lipinski definition) is 2. The van der Waals surface area contributed by atoms with Gasteiger partial charge in [-0.1, -0.05) is 45.2 Å². The Morgan fingerprint density at radius 2 is 2.05 bits per heavy atom. The number of nitrogens with zero attached hydrogens (tertiary/aromatic N) is 3. The largest absolute Gasteiger partial charge is 0.356 e. The first-order chi connectivity index (χ1) is 10.5. The summed E-state index contributed by atoms with van der Waals surface area (Å²) >= 11 is 0. The summed E-state index contributed by atoms with van der Waals surface area (Å²) in [6, 6.07) is 0. The van der Waals surface area contributed by atoms with Gasteiger partial charge in [-0.25, -0.2) is 0 Å². The molecule has 0 bridgehead atoms. The molecular formula is C16H31N5O. The number of aromatic nitrogens is 2. The van der Waals surface area contributed by atoms with Crippen LogP contribution in [0, 0.1) is 12.3 Å². The maximum atomic E-state index is 5.09. The van der Waals surface area contributed by atoms with Crippen LogP contribution in [0.25, 0.3) is 0 Å². The van der Waals surface area contributed by atoms with Crippen LogP contribution >= 0.6 is 0 Å². The van der Waals surface area contributed by atoms with E-state index in [4.69, 9.17) is 4.52 Å². The number of aliphatic imine (C=N–C) groups is 1. The summed E-state index contributed by atoms with van der Waals surface area (Å²) in [5.41, 5.74) is 0.274. The van der Waals surface area contributed by atoms with E-state index in [2.05, 4.69) is 46.5 Å². The summed E-state index contributed by atoms with van der Waals surface area (Å²) in [5, 5.41) is 10.5. The monoisotopic (exact) mass is 309 g/mol. The van der Waals surface area contributed by atoms with Crippen molar-refractivity contribution < 1.29 is 4.52 Å². The smallest absolute Gasteiger partial charge is 0.228 e. The molecule has 0 aliphatic carbocycles. The van der Waals surface area contributed by atoms with Gasteiger partial charge in [-0.3, -0.25) is 4.99 Å². The second kappa shape index (κ2) is 9.43. The fraction of sp³-hybridized carbons (Fsp3) is 0.812. The molecule has 1 aromatic heterocycles. The van der Waals surface area contributed by atoms with Crippen molar-refractivity contribution in [2.24, 2.45) is 10.4 Å². The van der Waals surface area contributed by atoms with E-state index < -0.39 is 0 Å². The van der Waals surface area contributed by atoms with E-state index in [1.807, 2.05) is 6.92 Å². The minimum Gasteiger partial charge on any atom is -0.356 e. The van der Waals surface area contributed by atoms with Crippen molar-refractivity contribution in [2.75, 3.05) is 20.1 Å². The SMILES string of the molecule is CCCCCC(C)(C)CNC(=NC)NCCc1nc(C)no1. The topological polar surface area (TPSA) is 75.3 Å². The van der Waals surface area contributed by atoms with Crippen LogP contribution in [-0.2, 0) is 6.42 Å². The van der Waals surface area contributed by atoms with Crippen molar-refractivity contribution in [3.63, 3.8) is 0 Å². The molecule has 0 aliphatic heterocycles. The number of aryl methyl sites for hydroxylation is 1. The third kappa shape index (κ3) is 7.43. The number of hydrogen-bond acceptors (Lipinski definition) is 4. The normalized spacial score (nSPS) is 12.5. The van der Waals surface area contributed by atoms with Gasteiger partial charge < -0.3 is 15.2 Å². The lowest BCUT2D eigenvalue weighted by Gasteiger charge is -2.26. The van der Waals surface area contributed by atoms with Gasteiger partial charge in [0.15, 0.2) is 11.8 Å².